The number of para-hydroxylation sites is 1. The fourth-order valence-electron chi connectivity index (χ4n) is 6.32. The predicted octanol–water partition coefficient (Wildman–Crippen LogP) is 4.51. The quantitative estimate of drug-likeness (QED) is 0.688. The minimum absolute atomic E-state index is 0.144. The van der Waals surface area contributed by atoms with Crippen LogP contribution >= 0.6 is 0 Å². The smallest absolute Gasteiger partial charge is 0.223 e. The third kappa shape index (κ3) is 5.92. The monoisotopic (exact) mass is 488 g/mol. The molecule has 2 bridgehead atoms. The Labute approximate surface area is 215 Å². The molecule has 3 aliphatic rings. The first-order chi connectivity index (χ1) is 17.6. The van der Waals surface area contributed by atoms with Crippen LogP contribution in [0.3, 0.4) is 0 Å². The molecular weight excluding hydrogens is 448 g/mol. The molecule has 36 heavy (non-hydrogen) atoms. The molecule has 2 fully saturated rings. The van der Waals surface area contributed by atoms with E-state index in [0.29, 0.717) is 31.0 Å². The van der Waals surface area contributed by atoms with Crippen LogP contribution in [-0.2, 0) is 22.7 Å². The van der Waals surface area contributed by atoms with Crippen molar-refractivity contribution in [1.29, 1.82) is 0 Å². The number of hydrogen-bond donors (Lipinski definition) is 1. The molecule has 0 aromatic heterocycles. The lowest BCUT2D eigenvalue weighted by Crippen LogP contribution is -2.45. The summed E-state index contributed by atoms with van der Waals surface area (Å²) >= 11 is 0. The van der Waals surface area contributed by atoms with Crippen LogP contribution in [0.4, 0.5) is 5.69 Å². The highest BCUT2D eigenvalue weighted by Gasteiger charge is 2.36. The van der Waals surface area contributed by atoms with E-state index in [1.165, 1.54) is 17.5 Å². The molecule has 2 aromatic rings. The van der Waals surface area contributed by atoms with Crippen molar-refractivity contribution in [2.24, 2.45) is 5.92 Å². The van der Waals surface area contributed by atoms with Crippen LogP contribution in [0.1, 0.15) is 56.6 Å². The number of rotatable bonds is 4. The van der Waals surface area contributed by atoms with Gasteiger partial charge in [-0.25, -0.2) is 0 Å². The third-order valence-electron chi connectivity index (χ3n) is 8.46. The molecule has 0 aliphatic carbocycles. The van der Waals surface area contributed by atoms with Crippen molar-refractivity contribution in [2.45, 2.75) is 70.6 Å². The van der Waals surface area contributed by atoms with Crippen LogP contribution < -0.4 is 5.32 Å². The van der Waals surface area contributed by atoms with Gasteiger partial charge in [0, 0.05) is 70.4 Å². The molecule has 3 heterocycles. The largest absolute Gasteiger partial charge is 0.385 e. The second-order valence-corrected chi connectivity index (χ2v) is 10.8. The van der Waals surface area contributed by atoms with Crippen LogP contribution in [-0.4, -0.2) is 64.8 Å². The molecule has 2 saturated heterocycles. The zero-order chi connectivity index (χ0) is 24.9. The van der Waals surface area contributed by atoms with Crippen LogP contribution in [0.2, 0.25) is 0 Å². The lowest BCUT2D eigenvalue weighted by Gasteiger charge is -2.35. The Bertz CT molecular complexity index is 1030. The van der Waals surface area contributed by atoms with Gasteiger partial charge in [0.15, 0.2) is 0 Å². The van der Waals surface area contributed by atoms with Gasteiger partial charge in [-0.05, 0) is 55.2 Å². The van der Waals surface area contributed by atoms with E-state index in [-0.39, 0.29) is 11.8 Å². The minimum atomic E-state index is 0.144. The summed E-state index contributed by atoms with van der Waals surface area (Å²) in [5.41, 5.74) is 3.69. The molecular formula is C30H40N4O2. The van der Waals surface area contributed by atoms with E-state index in [1.807, 2.05) is 4.90 Å². The van der Waals surface area contributed by atoms with E-state index >= 15 is 0 Å². The van der Waals surface area contributed by atoms with Crippen LogP contribution in [0.25, 0.3) is 0 Å². The highest BCUT2D eigenvalue weighted by atomic mass is 16.2. The minimum Gasteiger partial charge on any atom is -0.385 e. The highest BCUT2D eigenvalue weighted by molar-refractivity contribution is 5.77. The van der Waals surface area contributed by atoms with Crippen LogP contribution in [0.5, 0.6) is 0 Å². The maximum absolute atomic E-state index is 13.8. The molecule has 192 valence electrons. The summed E-state index contributed by atoms with van der Waals surface area (Å²) in [6.07, 6.45) is 5.86. The Kier molecular flexibility index (Phi) is 7.90. The lowest BCUT2D eigenvalue weighted by molar-refractivity contribution is -0.134. The molecule has 6 nitrogen and oxygen atoms in total. The predicted molar refractivity (Wildman–Crippen MR) is 143 cm³/mol. The molecule has 2 amide bonds. The Morgan fingerprint density at radius 2 is 1.58 bits per heavy atom. The third-order valence-corrected chi connectivity index (χ3v) is 8.46. The number of carbonyl (C=O) groups excluding carboxylic acids is 2. The summed E-state index contributed by atoms with van der Waals surface area (Å²) < 4.78 is 0. The van der Waals surface area contributed by atoms with Crippen molar-refractivity contribution in [3.63, 3.8) is 0 Å². The first-order valence-corrected chi connectivity index (χ1v) is 13.7. The topological polar surface area (TPSA) is 55.9 Å². The molecule has 0 unspecified atom stereocenters. The van der Waals surface area contributed by atoms with Crippen molar-refractivity contribution in [2.75, 3.05) is 31.5 Å². The van der Waals surface area contributed by atoms with E-state index in [9.17, 15) is 9.59 Å². The van der Waals surface area contributed by atoms with Gasteiger partial charge in [-0.2, -0.15) is 0 Å². The molecule has 0 radical (unpaired) electrons. The molecule has 2 aromatic carbocycles. The van der Waals surface area contributed by atoms with Gasteiger partial charge in [0.25, 0.3) is 0 Å². The fraction of sp³-hybridized carbons (Fsp3) is 0.533. The van der Waals surface area contributed by atoms with Gasteiger partial charge in [0.2, 0.25) is 11.8 Å². The van der Waals surface area contributed by atoms with E-state index in [0.717, 1.165) is 64.1 Å². The number of hydrogen-bond acceptors (Lipinski definition) is 4. The summed E-state index contributed by atoms with van der Waals surface area (Å²) in [6.45, 7) is 6.50. The zero-order valence-electron chi connectivity index (χ0n) is 21.6. The fourth-order valence-corrected chi connectivity index (χ4v) is 6.32. The Balaban J connectivity index is 1.35. The Hall–Kier alpha value is -2.86. The lowest BCUT2D eigenvalue weighted by atomic mass is 9.92. The van der Waals surface area contributed by atoms with Gasteiger partial charge in [-0.15, -0.1) is 0 Å². The number of piperidine rings is 1. The van der Waals surface area contributed by atoms with Gasteiger partial charge in [0.05, 0.1) is 0 Å². The molecule has 2 atom stereocenters. The van der Waals surface area contributed by atoms with Gasteiger partial charge >= 0.3 is 0 Å². The van der Waals surface area contributed by atoms with E-state index in [1.54, 1.807) is 6.92 Å². The summed E-state index contributed by atoms with van der Waals surface area (Å²) in [6, 6.07) is 20.1. The Morgan fingerprint density at radius 3 is 2.36 bits per heavy atom. The molecule has 5 rings (SSSR count). The summed E-state index contributed by atoms with van der Waals surface area (Å²) in [5.74, 6) is 0.759. The second-order valence-electron chi connectivity index (χ2n) is 10.8. The average Bonchev–Trinajstić information content (AvgIpc) is 3.24. The maximum atomic E-state index is 13.8. The zero-order valence-corrected chi connectivity index (χ0v) is 21.6. The van der Waals surface area contributed by atoms with Gasteiger partial charge in [0.1, 0.15) is 0 Å². The number of benzene rings is 2. The van der Waals surface area contributed by atoms with Crippen molar-refractivity contribution >= 4 is 17.5 Å². The number of likely N-dealkylation sites (tertiary alicyclic amines) is 1. The molecule has 6 heteroatoms. The van der Waals surface area contributed by atoms with Crippen molar-refractivity contribution < 1.29 is 9.59 Å². The SMILES string of the molecule is CC(=O)N1CCC(CC(=O)N2Cc3ccccc3NCC[C@@H]3CC[C@H](C2)N3Cc2ccccc2)CC1. The average molecular weight is 489 g/mol. The van der Waals surface area contributed by atoms with Crippen molar-refractivity contribution in [3.8, 4) is 0 Å². The number of nitrogens with zero attached hydrogens (tertiary/aromatic N) is 3. The van der Waals surface area contributed by atoms with Crippen LogP contribution in [0, 0.1) is 5.92 Å². The maximum Gasteiger partial charge on any atom is 0.223 e. The molecule has 1 N–H and O–H groups in total. The van der Waals surface area contributed by atoms with Crippen molar-refractivity contribution in [3.05, 3.63) is 65.7 Å². The Morgan fingerprint density at radius 1 is 0.861 bits per heavy atom. The number of carbonyl (C=O) groups is 2. The van der Waals surface area contributed by atoms with Gasteiger partial charge in [-0.1, -0.05) is 48.5 Å². The number of fused-ring (bicyclic) bond motifs is 3. The molecule has 0 spiro atoms. The highest BCUT2D eigenvalue weighted by Crippen LogP contribution is 2.32. The standard InChI is InChI=1S/C30H40N4O2/c1-23(35)32-17-14-24(15-18-32)19-30(36)33-21-26-9-5-6-10-29(26)31-16-13-27-11-12-28(22-33)34(27)20-25-7-3-2-4-8-25/h2-10,24,27-28,31H,11-22H2,1H3/t27-,28+/m0/s1. The van der Waals surface area contributed by atoms with E-state index < -0.39 is 0 Å². The van der Waals surface area contributed by atoms with Gasteiger partial charge < -0.3 is 15.1 Å². The van der Waals surface area contributed by atoms with Crippen molar-refractivity contribution in [1.82, 2.24) is 14.7 Å². The van der Waals surface area contributed by atoms with E-state index in [2.05, 4.69) is 69.7 Å². The number of anilines is 1. The normalized spacial score (nSPS) is 23.5. The molecule has 3 aliphatic heterocycles. The van der Waals surface area contributed by atoms with E-state index in [4.69, 9.17) is 0 Å². The van der Waals surface area contributed by atoms with Crippen LogP contribution in [0.15, 0.2) is 54.6 Å². The molecule has 0 saturated carbocycles. The first kappa shape index (κ1) is 24.8. The summed E-state index contributed by atoms with van der Waals surface area (Å²) in [7, 11) is 0. The van der Waals surface area contributed by atoms with Gasteiger partial charge in [-0.3, -0.25) is 14.5 Å². The number of nitrogens with one attached hydrogen (secondary N) is 1. The summed E-state index contributed by atoms with van der Waals surface area (Å²) in [5, 5.41) is 3.68. The second kappa shape index (κ2) is 11.5. The first-order valence-electron chi connectivity index (χ1n) is 13.7. The number of amides is 2. The summed E-state index contributed by atoms with van der Waals surface area (Å²) in [4.78, 5) is 32.2.